The van der Waals surface area contributed by atoms with Crippen LogP contribution in [0, 0.1) is 0 Å². The van der Waals surface area contributed by atoms with Gasteiger partial charge in [0.2, 0.25) is 5.91 Å². The van der Waals surface area contributed by atoms with Crippen molar-refractivity contribution in [2.24, 2.45) is 0 Å². The molecular formula is C16H14Cl2N2O3. The average molecular weight is 353 g/mol. The Morgan fingerprint density at radius 1 is 1.04 bits per heavy atom. The highest BCUT2D eigenvalue weighted by Crippen LogP contribution is 2.26. The van der Waals surface area contributed by atoms with Crippen molar-refractivity contribution in [2.75, 3.05) is 17.2 Å². The minimum absolute atomic E-state index is 0.193. The Bertz CT molecular complexity index is 735. The molecule has 0 atom stereocenters. The Balaban J connectivity index is 1.97. The Morgan fingerprint density at radius 3 is 2.48 bits per heavy atom. The molecule has 0 aliphatic carbocycles. The van der Waals surface area contributed by atoms with Crippen LogP contribution in [0.25, 0.3) is 0 Å². The zero-order valence-electron chi connectivity index (χ0n) is 12.2. The molecule has 0 aliphatic heterocycles. The predicted octanol–water partition coefficient (Wildman–Crippen LogP) is 3.97. The normalized spacial score (nSPS) is 10.0. The van der Waals surface area contributed by atoms with Crippen molar-refractivity contribution >= 4 is 46.4 Å². The van der Waals surface area contributed by atoms with Crippen LogP contribution >= 0.6 is 23.2 Å². The molecule has 0 saturated heterocycles. The zero-order chi connectivity index (χ0) is 16.8. The van der Waals surface area contributed by atoms with Crippen molar-refractivity contribution in [3.63, 3.8) is 0 Å². The van der Waals surface area contributed by atoms with E-state index in [0.29, 0.717) is 27.2 Å². The average Bonchev–Trinajstić information content (AvgIpc) is 2.49. The molecule has 120 valence electrons. The summed E-state index contributed by atoms with van der Waals surface area (Å²) in [6.07, 6.45) is 0. The number of hydrogen-bond donors (Lipinski definition) is 2. The van der Waals surface area contributed by atoms with Gasteiger partial charge in [-0.2, -0.15) is 0 Å². The molecule has 0 radical (unpaired) electrons. The van der Waals surface area contributed by atoms with Crippen LogP contribution in [0.4, 0.5) is 11.4 Å². The van der Waals surface area contributed by atoms with E-state index < -0.39 is 0 Å². The van der Waals surface area contributed by atoms with Crippen molar-refractivity contribution < 1.29 is 14.3 Å². The number of hydrogen-bond acceptors (Lipinski definition) is 3. The number of halogens is 2. The second-order valence-electron chi connectivity index (χ2n) is 4.64. The smallest absolute Gasteiger partial charge is 0.262 e. The second kappa shape index (κ2) is 7.85. The van der Waals surface area contributed by atoms with Gasteiger partial charge in [-0.15, -0.1) is 0 Å². The van der Waals surface area contributed by atoms with E-state index in [9.17, 15) is 9.59 Å². The Kier molecular flexibility index (Phi) is 5.84. The topological polar surface area (TPSA) is 67.4 Å². The molecule has 2 N–H and O–H groups in total. The monoisotopic (exact) mass is 352 g/mol. The minimum Gasteiger partial charge on any atom is -0.482 e. The summed E-state index contributed by atoms with van der Waals surface area (Å²) in [4.78, 5) is 23.0. The number of amides is 2. The standard InChI is InChI=1S/C16H14Cl2N2O3/c1-10(21)19-14-8-11(6-7-12(14)17)20-16(22)9-23-15-5-3-2-4-13(15)18/h2-8H,9H2,1H3,(H,19,21)(H,20,22). The molecule has 0 unspecified atom stereocenters. The van der Waals surface area contributed by atoms with Crippen molar-refractivity contribution in [1.29, 1.82) is 0 Å². The molecule has 2 aromatic rings. The number of rotatable bonds is 5. The van der Waals surface area contributed by atoms with Gasteiger partial charge in [-0.25, -0.2) is 0 Å². The Hall–Kier alpha value is -2.24. The number of carbonyl (C=O) groups is 2. The fraction of sp³-hybridized carbons (Fsp3) is 0.125. The van der Waals surface area contributed by atoms with Crippen LogP contribution < -0.4 is 15.4 Å². The van der Waals surface area contributed by atoms with E-state index in [4.69, 9.17) is 27.9 Å². The van der Waals surface area contributed by atoms with E-state index in [-0.39, 0.29) is 18.4 Å². The van der Waals surface area contributed by atoms with E-state index >= 15 is 0 Å². The minimum atomic E-state index is -0.360. The van der Waals surface area contributed by atoms with E-state index in [1.165, 1.54) is 6.92 Å². The molecule has 7 heteroatoms. The third-order valence-electron chi connectivity index (χ3n) is 2.76. The summed E-state index contributed by atoms with van der Waals surface area (Å²) >= 11 is 11.9. The molecule has 2 amide bonds. The molecule has 2 aromatic carbocycles. The summed E-state index contributed by atoms with van der Waals surface area (Å²) in [5.74, 6) is -0.183. The van der Waals surface area contributed by atoms with Gasteiger partial charge in [-0.05, 0) is 30.3 Å². The van der Waals surface area contributed by atoms with Crippen LogP contribution in [0.15, 0.2) is 42.5 Å². The number of anilines is 2. The lowest BCUT2D eigenvalue weighted by molar-refractivity contribution is -0.118. The van der Waals surface area contributed by atoms with Crippen LogP contribution in [0.2, 0.25) is 10.0 Å². The predicted molar refractivity (Wildman–Crippen MR) is 91.3 cm³/mol. The molecule has 0 aromatic heterocycles. The van der Waals surface area contributed by atoms with Crippen molar-refractivity contribution in [1.82, 2.24) is 0 Å². The van der Waals surface area contributed by atoms with Gasteiger partial charge in [0.25, 0.3) is 5.91 Å². The van der Waals surface area contributed by atoms with Gasteiger partial charge in [-0.3, -0.25) is 9.59 Å². The van der Waals surface area contributed by atoms with Crippen LogP contribution in [-0.2, 0) is 9.59 Å². The van der Waals surface area contributed by atoms with Gasteiger partial charge in [0, 0.05) is 12.6 Å². The maximum absolute atomic E-state index is 11.9. The molecule has 2 rings (SSSR count). The fourth-order valence-electron chi connectivity index (χ4n) is 1.79. The Labute approximate surface area is 143 Å². The van der Waals surface area contributed by atoms with Crippen LogP contribution in [0.1, 0.15) is 6.92 Å². The van der Waals surface area contributed by atoms with Crippen LogP contribution in [-0.4, -0.2) is 18.4 Å². The number of carbonyl (C=O) groups excluding carboxylic acids is 2. The molecule has 23 heavy (non-hydrogen) atoms. The molecule has 0 saturated carbocycles. The second-order valence-corrected chi connectivity index (χ2v) is 5.46. The molecule has 0 spiro atoms. The van der Waals surface area contributed by atoms with Crippen molar-refractivity contribution in [2.45, 2.75) is 6.92 Å². The number of benzene rings is 2. The molecule has 0 heterocycles. The zero-order valence-corrected chi connectivity index (χ0v) is 13.7. The summed E-state index contributed by atoms with van der Waals surface area (Å²) in [6, 6.07) is 11.7. The lowest BCUT2D eigenvalue weighted by atomic mass is 10.2. The third kappa shape index (κ3) is 5.16. The van der Waals surface area contributed by atoms with Gasteiger partial charge < -0.3 is 15.4 Å². The quantitative estimate of drug-likeness (QED) is 0.855. The highest BCUT2D eigenvalue weighted by atomic mass is 35.5. The molecule has 0 aliphatic rings. The highest BCUT2D eigenvalue weighted by Gasteiger charge is 2.08. The number of para-hydroxylation sites is 1. The lowest BCUT2D eigenvalue weighted by Crippen LogP contribution is -2.20. The van der Waals surface area contributed by atoms with Gasteiger partial charge in [0.05, 0.1) is 15.7 Å². The highest BCUT2D eigenvalue weighted by molar-refractivity contribution is 6.34. The largest absolute Gasteiger partial charge is 0.482 e. The first-order chi connectivity index (χ1) is 11.0. The SMILES string of the molecule is CC(=O)Nc1cc(NC(=O)COc2ccccc2Cl)ccc1Cl. The van der Waals surface area contributed by atoms with Crippen LogP contribution in [0.5, 0.6) is 5.75 Å². The molecule has 0 bridgehead atoms. The maximum Gasteiger partial charge on any atom is 0.262 e. The fourth-order valence-corrected chi connectivity index (χ4v) is 2.15. The maximum atomic E-state index is 11.9. The van der Waals surface area contributed by atoms with Crippen molar-refractivity contribution in [3.8, 4) is 5.75 Å². The van der Waals surface area contributed by atoms with Crippen molar-refractivity contribution in [3.05, 3.63) is 52.5 Å². The van der Waals surface area contributed by atoms with Gasteiger partial charge in [-0.1, -0.05) is 35.3 Å². The summed E-state index contributed by atoms with van der Waals surface area (Å²) < 4.78 is 5.35. The third-order valence-corrected chi connectivity index (χ3v) is 3.40. The number of ether oxygens (including phenoxy) is 1. The Morgan fingerprint density at radius 2 is 1.78 bits per heavy atom. The summed E-state index contributed by atoms with van der Waals surface area (Å²) in [6.45, 7) is 1.18. The van der Waals surface area contributed by atoms with Gasteiger partial charge >= 0.3 is 0 Å². The van der Waals surface area contributed by atoms with E-state index in [1.807, 2.05) is 0 Å². The first kappa shape index (κ1) is 17.1. The van der Waals surface area contributed by atoms with E-state index in [1.54, 1.807) is 42.5 Å². The number of nitrogens with one attached hydrogen (secondary N) is 2. The van der Waals surface area contributed by atoms with Gasteiger partial charge in [0.1, 0.15) is 5.75 Å². The van der Waals surface area contributed by atoms with Gasteiger partial charge in [0.15, 0.2) is 6.61 Å². The molecular weight excluding hydrogens is 339 g/mol. The molecule has 5 nitrogen and oxygen atoms in total. The van der Waals surface area contributed by atoms with Crippen LogP contribution in [0.3, 0.4) is 0 Å². The molecule has 0 fully saturated rings. The summed E-state index contributed by atoms with van der Waals surface area (Å²) in [7, 11) is 0. The first-order valence-electron chi connectivity index (χ1n) is 6.70. The summed E-state index contributed by atoms with van der Waals surface area (Å²) in [5, 5.41) is 6.05. The van der Waals surface area contributed by atoms with E-state index in [0.717, 1.165) is 0 Å². The lowest BCUT2D eigenvalue weighted by Gasteiger charge is -2.11. The van der Waals surface area contributed by atoms with E-state index in [2.05, 4.69) is 10.6 Å². The first-order valence-corrected chi connectivity index (χ1v) is 7.45. The summed E-state index contributed by atoms with van der Waals surface area (Å²) in [5.41, 5.74) is 0.912.